The molecule has 1 aromatic carbocycles. The van der Waals surface area contributed by atoms with Gasteiger partial charge in [0.1, 0.15) is 5.82 Å². The molecular formula is C21H22FN5O2. The van der Waals surface area contributed by atoms with Gasteiger partial charge in [-0.25, -0.2) is 19.0 Å². The van der Waals surface area contributed by atoms with E-state index in [1.807, 2.05) is 13.8 Å². The largest absolute Gasteiger partial charge is 0.379 e. The number of aromatic nitrogens is 4. The number of benzene rings is 1. The molecule has 0 saturated carbocycles. The Morgan fingerprint density at radius 3 is 2.69 bits per heavy atom. The fraction of sp³-hybridized carbons (Fsp3) is 0.333. The number of hydrogen-bond donors (Lipinski definition) is 0. The normalized spacial score (nSPS) is 16.2. The first-order valence-corrected chi connectivity index (χ1v) is 9.45. The third-order valence-corrected chi connectivity index (χ3v) is 5.28. The molecule has 0 N–H and O–H groups in total. The zero-order valence-corrected chi connectivity index (χ0v) is 16.6. The number of amides is 1. The molecule has 0 radical (unpaired) electrons. The number of likely N-dealkylation sites (N-methyl/N-ethyl adjacent to an activating group) is 1. The van der Waals surface area contributed by atoms with Crippen molar-refractivity contribution in [3.05, 3.63) is 59.3 Å². The fourth-order valence-electron chi connectivity index (χ4n) is 3.44. The van der Waals surface area contributed by atoms with E-state index in [0.29, 0.717) is 36.1 Å². The second kappa shape index (κ2) is 7.71. The second-order valence-electron chi connectivity index (χ2n) is 7.20. The molecule has 4 rings (SSSR count). The lowest BCUT2D eigenvalue weighted by Crippen LogP contribution is -2.37. The van der Waals surface area contributed by atoms with Crippen LogP contribution >= 0.6 is 0 Å². The summed E-state index contributed by atoms with van der Waals surface area (Å²) in [6.45, 7) is 4.94. The maximum absolute atomic E-state index is 13.3. The second-order valence-corrected chi connectivity index (χ2v) is 7.20. The summed E-state index contributed by atoms with van der Waals surface area (Å²) in [4.78, 5) is 23.6. The smallest absolute Gasteiger partial charge is 0.257 e. The van der Waals surface area contributed by atoms with Gasteiger partial charge in [0.25, 0.3) is 11.9 Å². The summed E-state index contributed by atoms with van der Waals surface area (Å²) in [5.74, 6) is -0.0445. The van der Waals surface area contributed by atoms with Crippen molar-refractivity contribution in [2.24, 2.45) is 0 Å². The van der Waals surface area contributed by atoms with Gasteiger partial charge in [-0.3, -0.25) is 4.79 Å². The van der Waals surface area contributed by atoms with Gasteiger partial charge in [-0.05, 0) is 50.1 Å². The van der Waals surface area contributed by atoms with E-state index in [9.17, 15) is 9.18 Å². The molecule has 150 valence electrons. The summed E-state index contributed by atoms with van der Waals surface area (Å²) in [5.41, 5.74) is 3.51. The van der Waals surface area contributed by atoms with Crippen molar-refractivity contribution in [1.29, 1.82) is 0 Å². The number of aryl methyl sites for hydroxylation is 1. The van der Waals surface area contributed by atoms with Gasteiger partial charge in [0.15, 0.2) is 0 Å². The van der Waals surface area contributed by atoms with E-state index >= 15 is 0 Å². The Bertz CT molecular complexity index is 1040. The zero-order chi connectivity index (χ0) is 20.5. The van der Waals surface area contributed by atoms with E-state index in [1.165, 1.54) is 12.1 Å². The molecule has 1 amide bonds. The molecule has 1 unspecified atom stereocenters. The predicted octanol–water partition coefficient (Wildman–Crippen LogP) is 2.95. The first-order valence-electron chi connectivity index (χ1n) is 9.45. The highest BCUT2D eigenvalue weighted by Crippen LogP contribution is 2.23. The molecule has 7 nitrogen and oxygen atoms in total. The van der Waals surface area contributed by atoms with Crippen LogP contribution in [0, 0.1) is 19.7 Å². The monoisotopic (exact) mass is 395 g/mol. The van der Waals surface area contributed by atoms with Crippen LogP contribution < -0.4 is 0 Å². The minimum absolute atomic E-state index is 0.0750. The Kier molecular flexibility index (Phi) is 5.10. The maximum Gasteiger partial charge on any atom is 0.257 e. The Labute approximate surface area is 168 Å². The van der Waals surface area contributed by atoms with E-state index in [1.54, 1.807) is 41.2 Å². The minimum atomic E-state index is -0.302. The van der Waals surface area contributed by atoms with Crippen LogP contribution in [-0.2, 0) is 4.74 Å². The number of rotatable bonds is 4. The number of nitrogens with zero attached hydrogens (tertiary/aromatic N) is 5. The molecule has 3 aromatic rings. The number of ether oxygens (including phenoxy) is 1. The zero-order valence-electron chi connectivity index (χ0n) is 16.6. The van der Waals surface area contributed by atoms with Gasteiger partial charge in [0, 0.05) is 25.4 Å². The van der Waals surface area contributed by atoms with Crippen LogP contribution in [0.4, 0.5) is 4.39 Å². The topological polar surface area (TPSA) is 73.1 Å². The van der Waals surface area contributed by atoms with E-state index in [-0.39, 0.29) is 17.8 Å². The van der Waals surface area contributed by atoms with Crippen LogP contribution in [0.1, 0.15) is 28.0 Å². The number of carbonyl (C=O) groups is 1. The molecule has 1 atom stereocenters. The number of carbonyl (C=O) groups excluding carboxylic acids is 1. The molecule has 0 spiro atoms. The van der Waals surface area contributed by atoms with Crippen molar-refractivity contribution >= 4 is 5.91 Å². The molecule has 1 fully saturated rings. The Balaban J connectivity index is 1.66. The molecule has 0 aliphatic carbocycles. The van der Waals surface area contributed by atoms with Gasteiger partial charge < -0.3 is 9.64 Å². The van der Waals surface area contributed by atoms with Gasteiger partial charge in [0.05, 0.1) is 35.8 Å². The lowest BCUT2D eigenvalue weighted by atomic mass is 10.1. The molecule has 1 aliphatic heterocycles. The lowest BCUT2D eigenvalue weighted by Gasteiger charge is -2.22. The van der Waals surface area contributed by atoms with E-state index < -0.39 is 0 Å². The summed E-state index contributed by atoms with van der Waals surface area (Å²) in [6.07, 6.45) is 4.08. The number of halogens is 1. The van der Waals surface area contributed by atoms with Crippen LogP contribution in [0.5, 0.6) is 0 Å². The van der Waals surface area contributed by atoms with Crippen molar-refractivity contribution in [3.63, 3.8) is 0 Å². The van der Waals surface area contributed by atoms with E-state index in [2.05, 4.69) is 15.1 Å². The standard InChI is InChI=1S/C21H22FN5O2/c1-13-10-23-21(25-19(13)15-4-6-16(22)7-5-15)27-14(2)18(11-24-27)20(28)26(3)17-8-9-29-12-17/h4-7,10-11,17H,8-9,12H2,1-3H3. The summed E-state index contributed by atoms with van der Waals surface area (Å²) in [7, 11) is 1.79. The third kappa shape index (κ3) is 3.63. The maximum atomic E-state index is 13.3. The van der Waals surface area contributed by atoms with E-state index in [4.69, 9.17) is 4.74 Å². The Morgan fingerprint density at radius 2 is 2.00 bits per heavy atom. The summed E-state index contributed by atoms with van der Waals surface area (Å²) in [6, 6.07) is 6.23. The van der Waals surface area contributed by atoms with Crippen molar-refractivity contribution in [2.45, 2.75) is 26.3 Å². The quantitative estimate of drug-likeness (QED) is 0.679. The summed E-state index contributed by atoms with van der Waals surface area (Å²) >= 11 is 0. The van der Waals surface area contributed by atoms with Crippen LogP contribution in [0.25, 0.3) is 17.2 Å². The Hall–Kier alpha value is -3.13. The van der Waals surface area contributed by atoms with Crippen LogP contribution in [0.2, 0.25) is 0 Å². The van der Waals surface area contributed by atoms with Gasteiger partial charge in [-0.2, -0.15) is 5.10 Å². The minimum Gasteiger partial charge on any atom is -0.379 e. The van der Waals surface area contributed by atoms with Crippen LogP contribution in [0.3, 0.4) is 0 Å². The highest BCUT2D eigenvalue weighted by atomic mass is 19.1. The molecule has 1 saturated heterocycles. The average molecular weight is 395 g/mol. The SMILES string of the molecule is Cc1cnc(-n2ncc(C(=O)N(C)C3CCOC3)c2C)nc1-c1ccc(F)cc1. The predicted molar refractivity (Wildman–Crippen MR) is 105 cm³/mol. The van der Waals surface area contributed by atoms with Crippen LogP contribution in [0.15, 0.2) is 36.7 Å². The summed E-state index contributed by atoms with van der Waals surface area (Å²) in [5, 5.41) is 4.35. The summed E-state index contributed by atoms with van der Waals surface area (Å²) < 4.78 is 20.2. The molecule has 8 heteroatoms. The molecule has 29 heavy (non-hydrogen) atoms. The van der Waals surface area contributed by atoms with Gasteiger partial charge >= 0.3 is 0 Å². The third-order valence-electron chi connectivity index (χ3n) is 5.28. The van der Waals surface area contributed by atoms with Crippen molar-refractivity contribution in [3.8, 4) is 17.2 Å². The highest BCUT2D eigenvalue weighted by molar-refractivity contribution is 5.95. The highest BCUT2D eigenvalue weighted by Gasteiger charge is 2.27. The first-order chi connectivity index (χ1) is 14.0. The van der Waals surface area contributed by atoms with Crippen molar-refractivity contribution in [1.82, 2.24) is 24.6 Å². The van der Waals surface area contributed by atoms with E-state index in [0.717, 1.165) is 17.5 Å². The van der Waals surface area contributed by atoms with Crippen LogP contribution in [-0.4, -0.2) is 56.9 Å². The van der Waals surface area contributed by atoms with Gasteiger partial charge in [0.2, 0.25) is 0 Å². The average Bonchev–Trinajstić information content (AvgIpc) is 3.38. The van der Waals surface area contributed by atoms with Gasteiger partial charge in [-0.15, -0.1) is 0 Å². The fourth-order valence-corrected chi connectivity index (χ4v) is 3.44. The molecular weight excluding hydrogens is 373 g/mol. The lowest BCUT2D eigenvalue weighted by molar-refractivity contribution is 0.0710. The Morgan fingerprint density at radius 1 is 1.24 bits per heavy atom. The number of hydrogen-bond acceptors (Lipinski definition) is 5. The van der Waals surface area contributed by atoms with Gasteiger partial charge in [-0.1, -0.05) is 0 Å². The molecule has 0 bridgehead atoms. The van der Waals surface area contributed by atoms with Crippen molar-refractivity contribution in [2.75, 3.05) is 20.3 Å². The molecule has 2 aromatic heterocycles. The first kappa shape index (κ1) is 19.2. The molecule has 3 heterocycles. The molecule has 1 aliphatic rings. The van der Waals surface area contributed by atoms with Crippen molar-refractivity contribution < 1.29 is 13.9 Å².